The average molecular weight is 312 g/mol. The van der Waals surface area contributed by atoms with E-state index in [0.717, 1.165) is 22.7 Å². The third kappa shape index (κ3) is 3.14. The highest BCUT2D eigenvalue weighted by molar-refractivity contribution is 5.88. The standard InChI is InChI=1S/C16H16N4O3/c1-23-9-8-17-14-6-7-15-18-10-13(20(15)19-14)11-2-4-12(5-3-11)16(21)22/h2-7,10H,8-9H2,1H3,(H,17,19)(H,21,22). The Balaban J connectivity index is 1.93. The Morgan fingerprint density at radius 1 is 1.26 bits per heavy atom. The molecule has 7 heteroatoms. The summed E-state index contributed by atoms with van der Waals surface area (Å²) in [7, 11) is 1.65. The van der Waals surface area contributed by atoms with Crippen LogP contribution in [0.15, 0.2) is 42.6 Å². The summed E-state index contributed by atoms with van der Waals surface area (Å²) in [5.41, 5.74) is 2.62. The number of imidazole rings is 1. The molecule has 2 N–H and O–H groups in total. The van der Waals surface area contributed by atoms with Gasteiger partial charge in [0.15, 0.2) is 5.65 Å². The van der Waals surface area contributed by atoms with E-state index in [-0.39, 0.29) is 5.56 Å². The van der Waals surface area contributed by atoms with Crippen molar-refractivity contribution in [1.82, 2.24) is 14.6 Å². The Labute approximate surface area is 132 Å². The lowest BCUT2D eigenvalue weighted by Gasteiger charge is -2.06. The topological polar surface area (TPSA) is 88.8 Å². The summed E-state index contributed by atoms with van der Waals surface area (Å²) >= 11 is 0. The summed E-state index contributed by atoms with van der Waals surface area (Å²) in [4.78, 5) is 15.3. The summed E-state index contributed by atoms with van der Waals surface area (Å²) in [6.07, 6.45) is 1.72. The molecular formula is C16H16N4O3. The van der Waals surface area contributed by atoms with Crippen LogP contribution in [0.25, 0.3) is 16.9 Å². The highest BCUT2D eigenvalue weighted by Crippen LogP contribution is 2.21. The van der Waals surface area contributed by atoms with Crippen LogP contribution < -0.4 is 5.32 Å². The highest BCUT2D eigenvalue weighted by Gasteiger charge is 2.09. The van der Waals surface area contributed by atoms with Crippen molar-refractivity contribution in [2.75, 3.05) is 25.6 Å². The molecule has 2 heterocycles. The predicted octanol–water partition coefficient (Wildman–Crippen LogP) is 2.15. The minimum atomic E-state index is -0.947. The fourth-order valence-electron chi connectivity index (χ4n) is 2.23. The number of hydrogen-bond donors (Lipinski definition) is 2. The van der Waals surface area contributed by atoms with Crippen LogP contribution in [0.1, 0.15) is 10.4 Å². The van der Waals surface area contributed by atoms with Crippen LogP contribution in [0.3, 0.4) is 0 Å². The molecule has 7 nitrogen and oxygen atoms in total. The van der Waals surface area contributed by atoms with Gasteiger partial charge in [-0.2, -0.15) is 0 Å². The van der Waals surface area contributed by atoms with Crippen molar-refractivity contribution in [2.24, 2.45) is 0 Å². The van der Waals surface area contributed by atoms with Crippen molar-refractivity contribution < 1.29 is 14.6 Å². The zero-order valence-electron chi connectivity index (χ0n) is 12.6. The molecule has 0 bridgehead atoms. The van der Waals surface area contributed by atoms with E-state index in [4.69, 9.17) is 9.84 Å². The second-order valence-corrected chi connectivity index (χ2v) is 4.93. The number of nitrogens with one attached hydrogen (secondary N) is 1. The normalized spacial score (nSPS) is 10.8. The smallest absolute Gasteiger partial charge is 0.335 e. The van der Waals surface area contributed by atoms with E-state index in [1.54, 1.807) is 42.1 Å². The van der Waals surface area contributed by atoms with Gasteiger partial charge in [-0.3, -0.25) is 0 Å². The zero-order chi connectivity index (χ0) is 16.2. The second-order valence-electron chi connectivity index (χ2n) is 4.93. The number of rotatable bonds is 6. The van der Waals surface area contributed by atoms with Crippen molar-refractivity contribution >= 4 is 17.4 Å². The largest absolute Gasteiger partial charge is 0.478 e. The van der Waals surface area contributed by atoms with Gasteiger partial charge in [0.1, 0.15) is 5.82 Å². The molecule has 0 saturated carbocycles. The number of aromatic carboxylic acids is 1. The number of anilines is 1. The molecule has 118 valence electrons. The molecule has 2 aromatic heterocycles. The maximum atomic E-state index is 10.9. The minimum absolute atomic E-state index is 0.248. The molecule has 0 aliphatic rings. The van der Waals surface area contributed by atoms with E-state index in [2.05, 4.69) is 15.4 Å². The molecule has 1 aromatic carbocycles. The van der Waals surface area contributed by atoms with Gasteiger partial charge in [0.2, 0.25) is 0 Å². The van der Waals surface area contributed by atoms with Crippen LogP contribution in [-0.2, 0) is 4.74 Å². The average Bonchev–Trinajstić information content (AvgIpc) is 2.98. The van der Waals surface area contributed by atoms with Gasteiger partial charge in [-0.1, -0.05) is 12.1 Å². The first-order chi connectivity index (χ1) is 11.2. The van der Waals surface area contributed by atoms with Crippen LogP contribution in [-0.4, -0.2) is 45.9 Å². The number of carboxylic acids is 1. The number of carboxylic acid groups (broad SMARTS) is 1. The zero-order valence-corrected chi connectivity index (χ0v) is 12.6. The number of fused-ring (bicyclic) bond motifs is 1. The number of hydrogen-bond acceptors (Lipinski definition) is 5. The van der Waals surface area contributed by atoms with Crippen LogP contribution in [0.4, 0.5) is 5.82 Å². The molecule has 0 unspecified atom stereocenters. The quantitative estimate of drug-likeness (QED) is 0.678. The number of aromatic nitrogens is 3. The van der Waals surface area contributed by atoms with Crippen LogP contribution in [0.5, 0.6) is 0 Å². The molecule has 3 rings (SSSR count). The van der Waals surface area contributed by atoms with Crippen molar-refractivity contribution in [3.05, 3.63) is 48.2 Å². The van der Waals surface area contributed by atoms with Gasteiger partial charge in [0, 0.05) is 19.2 Å². The SMILES string of the molecule is COCCNc1ccc2ncc(-c3ccc(C(=O)O)cc3)n2n1. The van der Waals surface area contributed by atoms with Crippen LogP contribution in [0.2, 0.25) is 0 Å². The Morgan fingerprint density at radius 2 is 2.04 bits per heavy atom. The minimum Gasteiger partial charge on any atom is -0.478 e. The van der Waals surface area contributed by atoms with Gasteiger partial charge in [-0.05, 0) is 24.3 Å². The van der Waals surface area contributed by atoms with E-state index < -0.39 is 5.97 Å². The van der Waals surface area contributed by atoms with Crippen molar-refractivity contribution in [2.45, 2.75) is 0 Å². The number of methoxy groups -OCH3 is 1. The maximum Gasteiger partial charge on any atom is 0.335 e. The molecule has 23 heavy (non-hydrogen) atoms. The van der Waals surface area contributed by atoms with Crippen molar-refractivity contribution in [3.63, 3.8) is 0 Å². The van der Waals surface area contributed by atoms with Crippen molar-refractivity contribution in [1.29, 1.82) is 0 Å². The molecule has 0 amide bonds. The highest BCUT2D eigenvalue weighted by atomic mass is 16.5. The first-order valence-corrected chi connectivity index (χ1v) is 7.10. The number of nitrogens with zero attached hydrogens (tertiary/aromatic N) is 3. The van der Waals surface area contributed by atoms with Gasteiger partial charge in [0.05, 0.1) is 24.1 Å². The summed E-state index contributed by atoms with van der Waals surface area (Å²) < 4.78 is 6.73. The fourth-order valence-corrected chi connectivity index (χ4v) is 2.23. The Hall–Kier alpha value is -2.93. The number of carbonyl (C=O) groups is 1. The van der Waals surface area contributed by atoms with Gasteiger partial charge in [-0.15, -0.1) is 5.10 Å². The van der Waals surface area contributed by atoms with Crippen LogP contribution in [0, 0.1) is 0 Å². The van der Waals surface area contributed by atoms with E-state index in [1.807, 2.05) is 12.1 Å². The lowest BCUT2D eigenvalue weighted by Crippen LogP contribution is -2.10. The summed E-state index contributed by atoms with van der Waals surface area (Å²) in [6.45, 7) is 1.25. The molecular weight excluding hydrogens is 296 g/mol. The van der Waals surface area contributed by atoms with E-state index in [0.29, 0.717) is 13.2 Å². The second kappa shape index (κ2) is 6.45. The predicted molar refractivity (Wildman–Crippen MR) is 85.7 cm³/mol. The summed E-state index contributed by atoms with van der Waals surface area (Å²) in [5, 5.41) is 16.6. The van der Waals surface area contributed by atoms with Crippen LogP contribution >= 0.6 is 0 Å². The number of benzene rings is 1. The Morgan fingerprint density at radius 3 is 2.74 bits per heavy atom. The molecule has 0 spiro atoms. The molecule has 0 aliphatic heterocycles. The Bertz CT molecular complexity index is 827. The summed E-state index contributed by atoms with van der Waals surface area (Å²) in [5.74, 6) is -0.228. The van der Waals surface area contributed by atoms with Gasteiger partial charge < -0.3 is 15.2 Å². The first kappa shape index (κ1) is 15.0. The monoisotopic (exact) mass is 312 g/mol. The first-order valence-electron chi connectivity index (χ1n) is 7.10. The lowest BCUT2D eigenvalue weighted by atomic mass is 10.1. The molecule has 3 aromatic rings. The molecule has 0 aliphatic carbocycles. The fraction of sp³-hybridized carbons (Fsp3) is 0.188. The molecule has 0 saturated heterocycles. The molecule has 0 radical (unpaired) electrons. The van der Waals surface area contributed by atoms with Crippen molar-refractivity contribution in [3.8, 4) is 11.3 Å². The van der Waals surface area contributed by atoms with Gasteiger partial charge in [0.25, 0.3) is 0 Å². The maximum absolute atomic E-state index is 10.9. The number of ether oxygens (including phenoxy) is 1. The third-order valence-electron chi connectivity index (χ3n) is 3.40. The third-order valence-corrected chi connectivity index (χ3v) is 3.40. The van der Waals surface area contributed by atoms with Gasteiger partial charge in [-0.25, -0.2) is 14.3 Å². The van der Waals surface area contributed by atoms with Gasteiger partial charge >= 0.3 is 5.97 Å². The Kier molecular flexibility index (Phi) is 4.20. The van der Waals surface area contributed by atoms with E-state index in [9.17, 15) is 4.79 Å². The molecule has 0 atom stereocenters. The van der Waals surface area contributed by atoms with E-state index in [1.165, 1.54) is 0 Å². The summed E-state index contributed by atoms with van der Waals surface area (Å²) in [6, 6.07) is 10.4. The molecule has 0 fully saturated rings. The van der Waals surface area contributed by atoms with E-state index >= 15 is 0 Å². The lowest BCUT2D eigenvalue weighted by molar-refractivity contribution is 0.0697.